The Hall–Kier alpha value is -1.33. The summed E-state index contributed by atoms with van der Waals surface area (Å²) in [6.07, 6.45) is 0. The maximum atomic E-state index is 12.2. The first-order valence-corrected chi connectivity index (χ1v) is 7.68. The average Bonchev–Trinajstić information content (AvgIpc) is 2.42. The van der Waals surface area contributed by atoms with Crippen molar-refractivity contribution in [1.82, 2.24) is 5.32 Å². The number of nitrogens with one attached hydrogen (secondary N) is 1. The van der Waals surface area contributed by atoms with Crippen molar-refractivity contribution >= 4 is 43.5 Å². The van der Waals surface area contributed by atoms with Crippen molar-refractivity contribution in [2.45, 2.75) is 13.0 Å². The van der Waals surface area contributed by atoms with Gasteiger partial charge in [0.05, 0.1) is 6.04 Å². The molecule has 0 saturated carbocycles. The van der Waals surface area contributed by atoms with Crippen LogP contribution in [-0.2, 0) is 0 Å². The summed E-state index contributed by atoms with van der Waals surface area (Å²) in [7, 11) is 0. The maximum Gasteiger partial charge on any atom is 0.251 e. The summed E-state index contributed by atoms with van der Waals surface area (Å²) in [5.74, 6) is -0.131. The van der Waals surface area contributed by atoms with Crippen molar-refractivity contribution in [2.75, 3.05) is 5.73 Å². The number of anilines is 1. The topological polar surface area (TPSA) is 55.1 Å². The number of nitrogens with two attached hydrogens (primary N) is 1. The van der Waals surface area contributed by atoms with E-state index in [0.29, 0.717) is 11.3 Å². The zero-order valence-corrected chi connectivity index (χ0v) is 14.0. The molecule has 3 N–H and O–H groups in total. The second-order valence-corrected chi connectivity index (χ2v) is 6.16. The molecule has 0 saturated heterocycles. The van der Waals surface area contributed by atoms with Crippen LogP contribution >= 0.6 is 31.9 Å². The van der Waals surface area contributed by atoms with E-state index in [1.807, 2.05) is 31.2 Å². The molecule has 0 radical (unpaired) electrons. The average molecular weight is 398 g/mol. The van der Waals surface area contributed by atoms with Gasteiger partial charge in [0, 0.05) is 20.2 Å². The minimum Gasteiger partial charge on any atom is -0.398 e. The molecule has 5 heteroatoms. The van der Waals surface area contributed by atoms with Gasteiger partial charge in [-0.3, -0.25) is 4.79 Å². The predicted molar refractivity (Wildman–Crippen MR) is 88.6 cm³/mol. The van der Waals surface area contributed by atoms with E-state index in [2.05, 4.69) is 37.2 Å². The molecule has 1 amide bonds. The predicted octanol–water partition coefficient (Wildman–Crippen LogP) is 4.28. The molecule has 0 aliphatic rings. The van der Waals surface area contributed by atoms with Crippen LogP contribution in [0.3, 0.4) is 0 Å². The Balaban J connectivity index is 2.15. The molecule has 2 aromatic carbocycles. The second-order valence-electron chi connectivity index (χ2n) is 4.45. The Morgan fingerprint density at radius 1 is 1.15 bits per heavy atom. The third-order valence-corrected chi connectivity index (χ3v) is 4.39. The van der Waals surface area contributed by atoms with Gasteiger partial charge in [-0.15, -0.1) is 0 Å². The molecule has 0 unspecified atom stereocenters. The number of hydrogen-bond acceptors (Lipinski definition) is 2. The van der Waals surface area contributed by atoms with Crippen molar-refractivity contribution in [1.29, 1.82) is 0 Å². The van der Waals surface area contributed by atoms with Crippen LogP contribution in [0.2, 0.25) is 0 Å². The molecule has 3 nitrogen and oxygen atoms in total. The molecule has 0 aromatic heterocycles. The van der Waals surface area contributed by atoms with Gasteiger partial charge in [-0.25, -0.2) is 0 Å². The number of carbonyl (C=O) groups excluding carboxylic acids is 1. The molecular formula is C15H14Br2N2O. The van der Waals surface area contributed by atoms with E-state index in [9.17, 15) is 4.79 Å². The van der Waals surface area contributed by atoms with E-state index in [4.69, 9.17) is 5.73 Å². The van der Waals surface area contributed by atoms with Crippen LogP contribution in [-0.4, -0.2) is 5.91 Å². The molecule has 20 heavy (non-hydrogen) atoms. The van der Waals surface area contributed by atoms with Gasteiger partial charge in [-0.2, -0.15) is 0 Å². The third kappa shape index (κ3) is 3.41. The van der Waals surface area contributed by atoms with E-state index in [-0.39, 0.29) is 11.9 Å². The van der Waals surface area contributed by atoms with Gasteiger partial charge in [-0.05, 0) is 52.7 Å². The largest absolute Gasteiger partial charge is 0.398 e. The Labute approximate surface area is 134 Å². The van der Waals surface area contributed by atoms with Crippen LogP contribution in [0.1, 0.15) is 28.9 Å². The summed E-state index contributed by atoms with van der Waals surface area (Å²) < 4.78 is 1.70. The lowest BCUT2D eigenvalue weighted by molar-refractivity contribution is 0.0940. The first kappa shape index (κ1) is 15.1. The zero-order chi connectivity index (χ0) is 14.7. The standard InChI is InChI=1S/C15H14Br2N2O/c1-9(11-4-2-3-5-12(11)16)19-15(20)10-6-7-14(18)13(17)8-10/h2-9H,18H2,1H3,(H,19,20)/t9-/m1/s1. The van der Waals surface area contributed by atoms with Crippen LogP contribution in [0.5, 0.6) is 0 Å². The Bertz CT molecular complexity index is 644. The molecule has 104 valence electrons. The molecule has 0 aliphatic heterocycles. The van der Waals surface area contributed by atoms with Gasteiger partial charge in [0.1, 0.15) is 0 Å². The zero-order valence-electron chi connectivity index (χ0n) is 10.9. The highest BCUT2D eigenvalue weighted by Gasteiger charge is 2.14. The minimum absolute atomic E-state index is 0.0885. The van der Waals surface area contributed by atoms with Gasteiger partial charge >= 0.3 is 0 Å². The van der Waals surface area contributed by atoms with E-state index in [1.54, 1.807) is 18.2 Å². The number of hydrogen-bond donors (Lipinski definition) is 2. The monoisotopic (exact) mass is 396 g/mol. The number of carbonyl (C=O) groups is 1. The fourth-order valence-electron chi connectivity index (χ4n) is 1.85. The van der Waals surface area contributed by atoms with E-state index >= 15 is 0 Å². The molecule has 1 atom stereocenters. The molecular weight excluding hydrogens is 384 g/mol. The van der Waals surface area contributed by atoms with Crippen LogP contribution in [0, 0.1) is 0 Å². The quantitative estimate of drug-likeness (QED) is 0.759. The number of amides is 1. The van der Waals surface area contributed by atoms with Crippen molar-refractivity contribution < 1.29 is 4.79 Å². The molecule has 2 aromatic rings. The number of benzene rings is 2. The van der Waals surface area contributed by atoms with Crippen molar-refractivity contribution in [3.05, 3.63) is 62.5 Å². The highest BCUT2D eigenvalue weighted by atomic mass is 79.9. The summed E-state index contributed by atoms with van der Waals surface area (Å²) in [5, 5.41) is 2.97. The van der Waals surface area contributed by atoms with Gasteiger partial charge in [0.25, 0.3) is 5.91 Å². The fourth-order valence-corrected chi connectivity index (χ4v) is 2.86. The lowest BCUT2D eigenvalue weighted by Crippen LogP contribution is -2.26. The summed E-state index contributed by atoms with van der Waals surface area (Å²) in [4.78, 5) is 12.2. The second kappa shape index (κ2) is 6.41. The highest BCUT2D eigenvalue weighted by molar-refractivity contribution is 9.10. The van der Waals surface area contributed by atoms with Crippen LogP contribution in [0.25, 0.3) is 0 Å². The molecule has 0 bridgehead atoms. The Morgan fingerprint density at radius 2 is 1.85 bits per heavy atom. The maximum absolute atomic E-state index is 12.2. The normalized spacial score (nSPS) is 11.9. The lowest BCUT2D eigenvalue weighted by Gasteiger charge is -2.16. The smallest absolute Gasteiger partial charge is 0.251 e. The van der Waals surface area contributed by atoms with Gasteiger partial charge in [0.2, 0.25) is 0 Å². The molecule has 0 spiro atoms. The lowest BCUT2D eigenvalue weighted by atomic mass is 10.1. The van der Waals surface area contributed by atoms with Crippen LogP contribution in [0.4, 0.5) is 5.69 Å². The number of halogens is 2. The van der Waals surface area contributed by atoms with Crippen molar-refractivity contribution in [3.63, 3.8) is 0 Å². The molecule has 0 fully saturated rings. The molecule has 0 heterocycles. The van der Waals surface area contributed by atoms with Gasteiger partial charge in [0.15, 0.2) is 0 Å². The van der Waals surface area contributed by atoms with E-state index in [1.165, 1.54) is 0 Å². The summed E-state index contributed by atoms with van der Waals surface area (Å²) in [6.45, 7) is 1.95. The summed E-state index contributed by atoms with van der Waals surface area (Å²) >= 11 is 6.81. The van der Waals surface area contributed by atoms with Crippen molar-refractivity contribution in [2.24, 2.45) is 0 Å². The highest BCUT2D eigenvalue weighted by Crippen LogP contribution is 2.24. The van der Waals surface area contributed by atoms with Crippen LogP contribution < -0.4 is 11.1 Å². The van der Waals surface area contributed by atoms with Crippen molar-refractivity contribution in [3.8, 4) is 0 Å². The molecule has 2 rings (SSSR count). The summed E-state index contributed by atoms with van der Waals surface area (Å²) in [6, 6.07) is 12.9. The molecule has 0 aliphatic carbocycles. The van der Waals surface area contributed by atoms with Gasteiger partial charge < -0.3 is 11.1 Å². The number of nitrogen functional groups attached to an aromatic ring is 1. The minimum atomic E-state index is -0.131. The Morgan fingerprint density at radius 3 is 2.50 bits per heavy atom. The number of rotatable bonds is 3. The van der Waals surface area contributed by atoms with Crippen LogP contribution in [0.15, 0.2) is 51.4 Å². The first-order chi connectivity index (χ1) is 9.49. The first-order valence-electron chi connectivity index (χ1n) is 6.09. The summed E-state index contributed by atoms with van der Waals surface area (Å²) in [5.41, 5.74) is 7.94. The fraction of sp³-hybridized carbons (Fsp3) is 0.133. The third-order valence-electron chi connectivity index (χ3n) is 2.98. The van der Waals surface area contributed by atoms with E-state index < -0.39 is 0 Å². The Kier molecular flexibility index (Phi) is 4.83. The van der Waals surface area contributed by atoms with Gasteiger partial charge in [-0.1, -0.05) is 34.1 Å². The van der Waals surface area contributed by atoms with E-state index in [0.717, 1.165) is 14.5 Å². The SMILES string of the molecule is C[C@@H](NC(=O)c1ccc(N)c(Br)c1)c1ccccc1Br.